The Hall–Kier alpha value is -2.02. The Morgan fingerprint density at radius 1 is 1.47 bits per heavy atom. The fourth-order valence-corrected chi connectivity index (χ4v) is 1.47. The highest BCUT2D eigenvalue weighted by Gasteiger charge is 2.17. The van der Waals surface area contributed by atoms with Crippen molar-refractivity contribution in [2.24, 2.45) is 5.73 Å². The van der Waals surface area contributed by atoms with Gasteiger partial charge in [-0.05, 0) is 12.1 Å². The monoisotopic (exact) mass is 258 g/mol. The van der Waals surface area contributed by atoms with Gasteiger partial charge in [-0.3, -0.25) is 10.1 Å². The molecule has 0 unspecified atom stereocenters. The van der Waals surface area contributed by atoms with Gasteiger partial charge in [-0.25, -0.2) is 4.79 Å². The van der Waals surface area contributed by atoms with E-state index in [0.29, 0.717) is 12.2 Å². The average molecular weight is 259 g/mol. The van der Waals surface area contributed by atoms with Gasteiger partial charge in [-0.1, -0.05) is 17.7 Å². The fraction of sp³-hybridized carbons (Fsp3) is 0.222. The maximum atomic E-state index is 10.8. The lowest BCUT2D eigenvalue weighted by atomic mass is 10.2. The Bertz CT molecular complexity index is 438. The molecule has 2 amide bonds. The van der Waals surface area contributed by atoms with E-state index >= 15 is 0 Å². The quantitative estimate of drug-likeness (QED) is 0.420. The van der Waals surface area contributed by atoms with E-state index in [2.05, 4.69) is 10.6 Å². The highest BCUT2D eigenvalue weighted by atomic mass is 35.5. The van der Waals surface area contributed by atoms with Gasteiger partial charge in [0.1, 0.15) is 10.7 Å². The number of hydrogen-bond donors (Lipinski definition) is 3. The van der Waals surface area contributed by atoms with Crippen molar-refractivity contribution in [3.63, 3.8) is 0 Å². The molecule has 7 nitrogen and oxygen atoms in total. The van der Waals surface area contributed by atoms with Gasteiger partial charge in [0.2, 0.25) is 0 Å². The van der Waals surface area contributed by atoms with Crippen LogP contribution in [0.2, 0.25) is 5.02 Å². The number of nitro benzene ring substituents is 1. The topological polar surface area (TPSA) is 110 Å². The molecule has 0 aliphatic heterocycles. The summed E-state index contributed by atoms with van der Waals surface area (Å²) in [7, 11) is 0. The maximum Gasteiger partial charge on any atom is 0.312 e. The number of urea groups is 1. The predicted molar refractivity (Wildman–Crippen MR) is 64.2 cm³/mol. The van der Waals surface area contributed by atoms with Gasteiger partial charge in [-0.2, -0.15) is 0 Å². The molecule has 4 N–H and O–H groups in total. The molecule has 0 radical (unpaired) electrons. The number of halogens is 1. The maximum absolute atomic E-state index is 10.8. The smallest absolute Gasteiger partial charge is 0.312 e. The van der Waals surface area contributed by atoms with E-state index in [1.54, 1.807) is 6.07 Å². The number of carbonyl (C=O) groups excluding carboxylic acids is 1. The normalized spacial score (nSPS) is 9.71. The summed E-state index contributed by atoms with van der Waals surface area (Å²) in [5.74, 6) is 0. The molecule has 1 aromatic carbocycles. The highest BCUT2D eigenvalue weighted by molar-refractivity contribution is 6.33. The van der Waals surface area contributed by atoms with Crippen LogP contribution in [0.1, 0.15) is 0 Å². The molecular weight excluding hydrogens is 248 g/mol. The molecule has 1 rings (SSSR count). The third kappa shape index (κ3) is 3.80. The lowest BCUT2D eigenvalue weighted by Gasteiger charge is -2.07. The van der Waals surface area contributed by atoms with Crippen molar-refractivity contribution < 1.29 is 9.72 Å². The third-order valence-electron chi connectivity index (χ3n) is 1.91. The number of primary amides is 1. The first-order chi connectivity index (χ1) is 8.02. The lowest BCUT2D eigenvalue weighted by Crippen LogP contribution is -2.33. The SMILES string of the molecule is NC(=O)NCCNc1cccc(Cl)c1[N+](=O)[O-]. The molecule has 0 spiro atoms. The Balaban J connectivity index is 2.67. The number of para-hydroxylation sites is 1. The van der Waals surface area contributed by atoms with Crippen molar-refractivity contribution >= 4 is 29.0 Å². The number of amides is 2. The van der Waals surface area contributed by atoms with Crippen LogP contribution in [0.5, 0.6) is 0 Å². The number of nitrogens with one attached hydrogen (secondary N) is 2. The largest absolute Gasteiger partial charge is 0.378 e. The number of nitrogens with zero attached hydrogens (tertiary/aromatic N) is 1. The molecular formula is C9H11ClN4O3. The summed E-state index contributed by atoms with van der Waals surface area (Å²) in [6.45, 7) is 0.573. The molecule has 0 fully saturated rings. The van der Waals surface area contributed by atoms with Crippen molar-refractivity contribution in [3.05, 3.63) is 33.3 Å². The second-order valence-corrected chi connectivity index (χ2v) is 3.52. The summed E-state index contributed by atoms with van der Waals surface area (Å²) in [5, 5.41) is 16.0. The number of hydrogen-bond acceptors (Lipinski definition) is 4. The molecule has 92 valence electrons. The minimum absolute atomic E-state index is 0.0582. The van der Waals surface area contributed by atoms with Crippen LogP contribution < -0.4 is 16.4 Å². The van der Waals surface area contributed by atoms with Crippen LogP contribution in [-0.2, 0) is 0 Å². The molecule has 17 heavy (non-hydrogen) atoms. The first-order valence-electron chi connectivity index (χ1n) is 4.72. The number of anilines is 1. The number of nitrogens with two attached hydrogens (primary N) is 1. The van der Waals surface area contributed by atoms with Gasteiger partial charge >= 0.3 is 11.7 Å². The molecule has 0 aliphatic carbocycles. The molecule has 1 aromatic rings. The van der Waals surface area contributed by atoms with Crippen LogP contribution in [0.3, 0.4) is 0 Å². The predicted octanol–water partition coefficient (Wildman–Crippen LogP) is 1.33. The molecule has 8 heteroatoms. The van der Waals surface area contributed by atoms with E-state index in [4.69, 9.17) is 17.3 Å². The highest BCUT2D eigenvalue weighted by Crippen LogP contribution is 2.31. The van der Waals surface area contributed by atoms with Crippen LogP contribution in [0, 0.1) is 10.1 Å². The van der Waals surface area contributed by atoms with Gasteiger partial charge in [0.05, 0.1) is 4.92 Å². The minimum Gasteiger partial charge on any atom is -0.378 e. The molecule has 0 bridgehead atoms. The standard InChI is InChI=1S/C9H11ClN4O3/c10-6-2-1-3-7(8(6)14(16)17)12-4-5-13-9(11)15/h1-3,12H,4-5H2,(H3,11,13,15). The zero-order chi connectivity index (χ0) is 12.8. The van der Waals surface area contributed by atoms with Crippen molar-refractivity contribution in [1.82, 2.24) is 5.32 Å². The molecule has 0 aliphatic rings. The summed E-state index contributed by atoms with van der Waals surface area (Å²) in [6, 6.07) is 3.92. The Morgan fingerprint density at radius 2 is 2.18 bits per heavy atom. The zero-order valence-corrected chi connectivity index (χ0v) is 9.53. The summed E-state index contributed by atoms with van der Waals surface area (Å²) in [6.07, 6.45) is 0. The third-order valence-corrected chi connectivity index (χ3v) is 2.21. The lowest BCUT2D eigenvalue weighted by molar-refractivity contribution is -0.383. The van der Waals surface area contributed by atoms with Crippen molar-refractivity contribution in [3.8, 4) is 0 Å². The molecule has 0 saturated heterocycles. The van der Waals surface area contributed by atoms with Crippen molar-refractivity contribution in [1.29, 1.82) is 0 Å². The number of benzene rings is 1. The summed E-state index contributed by atoms with van der Waals surface area (Å²) >= 11 is 5.72. The van der Waals surface area contributed by atoms with E-state index in [-0.39, 0.29) is 17.3 Å². The van der Waals surface area contributed by atoms with Gasteiger partial charge in [-0.15, -0.1) is 0 Å². The fourth-order valence-electron chi connectivity index (χ4n) is 1.23. The van der Waals surface area contributed by atoms with Crippen LogP contribution in [0.15, 0.2) is 18.2 Å². The van der Waals surface area contributed by atoms with E-state index in [9.17, 15) is 14.9 Å². The first-order valence-corrected chi connectivity index (χ1v) is 5.10. The van der Waals surface area contributed by atoms with Crippen molar-refractivity contribution in [2.45, 2.75) is 0 Å². The van der Waals surface area contributed by atoms with Gasteiger partial charge in [0.25, 0.3) is 0 Å². The second-order valence-electron chi connectivity index (χ2n) is 3.11. The molecule has 0 atom stereocenters. The Kier molecular flexibility index (Phi) is 4.53. The van der Waals surface area contributed by atoms with E-state index in [0.717, 1.165) is 0 Å². The average Bonchev–Trinajstić information content (AvgIpc) is 2.23. The number of carbonyl (C=O) groups is 1. The zero-order valence-electron chi connectivity index (χ0n) is 8.77. The summed E-state index contributed by atoms with van der Waals surface area (Å²) in [5.41, 5.74) is 4.98. The molecule has 0 saturated carbocycles. The van der Waals surface area contributed by atoms with Crippen LogP contribution >= 0.6 is 11.6 Å². The van der Waals surface area contributed by atoms with E-state index < -0.39 is 11.0 Å². The van der Waals surface area contributed by atoms with Crippen molar-refractivity contribution in [2.75, 3.05) is 18.4 Å². The van der Waals surface area contributed by atoms with Gasteiger partial charge in [0.15, 0.2) is 0 Å². The van der Waals surface area contributed by atoms with Gasteiger partial charge in [0, 0.05) is 13.1 Å². The van der Waals surface area contributed by atoms with E-state index in [1.165, 1.54) is 12.1 Å². The molecule has 0 heterocycles. The number of nitro groups is 1. The van der Waals surface area contributed by atoms with Crippen LogP contribution in [-0.4, -0.2) is 24.0 Å². The van der Waals surface area contributed by atoms with Gasteiger partial charge < -0.3 is 16.4 Å². The Morgan fingerprint density at radius 3 is 2.76 bits per heavy atom. The minimum atomic E-state index is -0.646. The summed E-state index contributed by atoms with van der Waals surface area (Å²) in [4.78, 5) is 20.6. The Labute approximate surface area is 102 Å². The van der Waals surface area contributed by atoms with E-state index in [1.807, 2.05) is 0 Å². The number of rotatable bonds is 5. The second kappa shape index (κ2) is 5.90. The van der Waals surface area contributed by atoms with Crippen LogP contribution in [0.4, 0.5) is 16.2 Å². The summed E-state index contributed by atoms with van der Waals surface area (Å²) < 4.78 is 0. The molecule has 0 aromatic heterocycles. The first kappa shape index (κ1) is 13.0. The van der Waals surface area contributed by atoms with Crippen LogP contribution in [0.25, 0.3) is 0 Å².